The van der Waals surface area contributed by atoms with Crippen LogP contribution in [0.4, 0.5) is 0 Å². The maximum Gasteiger partial charge on any atom is 0.339 e. The predicted octanol–water partition coefficient (Wildman–Crippen LogP) is 2.98. The van der Waals surface area contributed by atoms with Gasteiger partial charge in [-0.1, -0.05) is 6.07 Å². The number of aromatic nitrogens is 1. The fourth-order valence-corrected chi connectivity index (χ4v) is 1.69. The molecule has 0 unspecified atom stereocenters. The number of benzene rings is 1. The molecule has 1 aromatic heterocycles. The van der Waals surface area contributed by atoms with Crippen molar-refractivity contribution < 1.29 is 24.1 Å². The zero-order chi connectivity index (χ0) is 15.2. The highest BCUT2D eigenvalue weighted by molar-refractivity contribution is 5.91. The molecule has 0 saturated carbocycles. The van der Waals surface area contributed by atoms with Crippen LogP contribution in [0.15, 0.2) is 36.4 Å². The first kappa shape index (κ1) is 14.6. The lowest BCUT2D eigenvalue weighted by Gasteiger charge is -2.10. The second-order valence-corrected chi connectivity index (χ2v) is 4.02. The van der Waals surface area contributed by atoms with E-state index in [1.165, 1.54) is 19.2 Å². The van der Waals surface area contributed by atoms with E-state index in [1.807, 2.05) is 6.92 Å². The second kappa shape index (κ2) is 6.60. The van der Waals surface area contributed by atoms with E-state index in [9.17, 15) is 9.90 Å². The SMILES string of the molecule is CCOc1cccc(Oc2ccc(OC)cc2C(=O)O)n1. The van der Waals surface area contributed by atoms with Gasteiger partial charge in [-0.15, -0.1) is 0 Å². The topological polar surface area (TPSA) is 77.9 Å². The summed E-state index contributed by atoms with van der Waals surface area (Å²) in [7, 11) is 1.47. The molecule has 0 saturated heterocycles. The summed E-state index contributed by atoms with van der Waals surface area (Å²) in [5.41, 5.74) is -0.00189. The summed E-state index contributed by atoms with van der Waals surface area (Å²) in [4.78, 5) is 15.4. The van der Waals surface area contributed by atoms with Crippen LogP contribution >= 0.6 is 0 Å². The maximum absolute atomic E-state index is 11.3. The van der Waals surface area contributed by atoms with E-state index in [-0.39, 0.29) is 17.2 Å². The Morgan fingerprint density at radius 2 is 2.00 bits per heavy atom. The molecule has 2 rings (SSSR count). The smallest absolute Gasteiger partial charge is 0.339 e. The molecule has 0 fully saturated rings. The molecule has 0 atom stereocenters. The fraction of sp³-hybridized carbons (Fsp3) is 0.200. The molecular weight excluding hydrogens is 274 g/mol. The lowest BCUT2D eigenvalue weighted by Crippen LogP contribution is -2.02. The van der Waals surface area contributed by atoms with Crippen LogP contribution < -0.4 is 14.2 Å². The number of rotatable bonds is 6. The number of hydrogen-bond donors (Lipinski definition) is 1. The van der Waals surface area contributed by atoms with Gasteiger partial charge in [0, 0.05) is 12.1 Å². The minimum atomic E-state index is -1.11. The van der Waals surface area contributed by atoms with Gasteiger partial charge in [-0.05, 0) is 25.1 Å². The third-order valence-corrected chi connectivity index (χ3v) is 2.62. The van der Waals surface area contributed by atoms with Crippen LogP contribution in [0.5, 0.6) is 23.3 Å². The highest BCUT2D eigenvalue weighted by atomic mass is 16.5. The number of nitrogens with zero attached hydrogens (tertiary/aromatic N) is 1. The minimum Gasteiger partial charge on any atom is -0.497 e. The Balaban J connectivity index is 2.30. The molecule has 1 N–H and O–H groups in total. The third-order valence-electron chi connectivity index (χ3n) is 2.62. The van der Waals surface area contributed by atoms with E-state index in [4.69, 9.17) is 14.2 Å². The van der Waals surface area contributed by atoms with Crippen LogP contribution in [-0.2, 0) is 0 Å². The summed E-state index contributed by atoms with van der Waals surface area (Å²) in [6.07, 6.45) is 0. The Hall–Kier alpha value is -2.76. The van der Waals surface area contributed by atoms with Gasteiger partial charge in [0.2, 0.25) is 11.8 Å². The lowest BCUT2D eigenvalue weighted by atomic mass is 10.2. The van der Waals surface area contributed by atoms with Crippen molar-refractivity contribution in [3.05, 3.63) is 42.0 Å². The molecule has 0 radical (unpaired) electrons. The Morgan fingerprint density at radius 3 is 2.67 bits per heavy atom. The third kappa shape index (κ3) is 3.62. The zero-order valence-electron chi connectivity index (χ0n) is 11.7. The number of carboxylic acids is 1. The van der Waals surface area contributed by atoms with Crippen molar-refractivity contribution in [1.29, 1.82) is 0 Å². The quantitative estimate of drug-likeness (QED) is 0.880. The van der Waals surface area contributed by atoms with E-state index >= 15 is 0 Å². The van der Waals surface area contributed by atoms with Crippen LogP contribution in [-0.4, -0.2) is 29.8 Å². The highest BCUT2D eigenvalue weighted by Gasteiger charge is 2.14. The van der Waals surface area contributed by atoms with Crippen LogP contribution in [0.2, 0.25) is 0 Å². The molecule has 110 valence electrons. The molecule has 21 heavy (non-hydrogen) atoms. The van der Waals surface area contributed by atoms with Gasteiger partial charge in [0.15, 0.2) is 0 Å². The average Bonchev–Trinajstić information content (AvgIpc) is 2.48. The van der Waals surface area contributed by atoms with Crippen molar-refractivity contribution in [3.8, 4) is 23.3 Å². The highest BCUT2D eigenvalue weighted by Crippen LogP contribution is 2.28. The number of ether oxygens (including phenoxy) is 3. The van der Waals surface area contributed by atoms with Crippen molar-refractivity contribution >= 4 is 5.97 Å². The van der Waals surface area contributed by atoms with E-state index in [0.717, 1.165) is 0 Å². The molecule has 6 heteroatoms. The summed E-state index contributed by atoms with van der Waals surface area (Å²) in [5.74, 6) is 0.194. The van der Waals surface area contributed by atoms with Crippen LogP contribution in [0.3, 0.4) is 0 Å². The van der Waals surface area contributed by atoms with Gasteiger partial charge in [-0.2, -0.15) is 4.98 Å². The van der Waals surface area contributed by atoms with E-state index in [1.54, 1.807) is 24.3 Å². The zero-order valence-corrected chi connectivity index (χ0v) is 11.7. The van der Waals surface area contributed by atoms with E-state index in [0.29, 0.717) is 18.2 Å². The van der Waals surface area contributed by atoms with Gasteiger partial charge in [-0.25, -0.2) is 4.79 Å². The van der Waals surface area contributed by atoms with Gasteiger partial charge >= 0.3 is 5.97 Å². The predicted molar refractivity (Wildman–Crippen MR) is 75.4 cm³/mol. The first-order chi connectivity index (χ1) is 10.1. The van der Waals surface area contributed by atoms with Crippen molar-refractivity contribution in [2.45, 2.75) is 6.92 Å². The Morgan fingerprint density at radius 1 is 1.24 bits per heavy atom. The second-order valence-electron chi connectivity index (χ2n) is 4.02. The monoisotopic (exact) mass is 289 g/mol. The normalized spacial score (nSPS) is 10.0. The number of methoxy groups -OCH3 is 1. The molecule has 0 spiro atoms. The number of aromatic carboxylic acids is 1. The van der Waals surface area contributed by atoms with Crippen LogP contribution in [0, 0.1) is 0 Å². The fourth-order valence-electron chi connectivity index (χ4n) is 1.69. The van der Waals surface area contributed by atoms with Crippen molar-refractivity contribution in [2.24, 2.45) is 0 Å². The molecule has 0 aliphatic heterocycles. The van der Waals surface area contributed by atoms with Gasteiger partial charge in [0.1, 0.15) is 17.1 Å². The summed E-state index contributed by atoms with van der Waals surface area (Å²) in [6.45, 7) is 2.33. The molecule has 6 nitrogen and oxygen atoms in total. The van der Waals surface area contributed by atoms with Crippen molar-refractivity contribution in [2.75, 3.05) is 13.7 Å². The first-order valence-electron chi connectivity index (χ1n) is 6.33. The molecule has 0 aliphatic rings. The van der Waals surface area contributed by atoms with E-state index in [2.05, 4.69) is 4.98 Å². The molecule has 1 aromatic carbocycles. The van der Waals surface area contributed by atoms with Crippen molar-refractivity contribution in [3.63, 3.8) is 0 Å². The lowest BCUT2D eigenvalue weighted by molar-refractivity contribution is 0.0693. The van der Waals surface area contributed by atoms with Gasteiger partial charge in [0.05, 0.1) is 13.7 Å². The van der Waals surface area contributed by atoms with Crippen molar-refractivity contribution in [1.82, 2.24) is 4.98 Å². The first-order valence-corrected chi connectivity index (χ1v) is 6.33. The minimum absolute atomic E-state index is 0.00189. The van der Waals surface area contributed by atoms with E-state index < -0.39 is 5.97 Å². The van der Waals surface area contributed by atoms with Crippen LogP contribution in [0.1, 0.15) is 17.3 Å². The number of carbonyl (C=O) groups is 1. The van der Waals surface area contributed by atoms with Gasteiger partial charge in [-0.3, -0.25) is 0 Å². The van der Waals surface area contributed by atoms with Crippen LogP contribution in [0.25, 0.3) is 0 Å². The molecular formula is C15H15NO5. The summed E-state index contributed by atoms with van der Waals surface area (Å²) in [6, 6.07) is 9.58. The number of carboxylic acid groups (broad SMARTS) is 1. The summed E-state index contributed by atoms with van der Waals surface area (Å²) in [5, 5.41) is 9.22. The molecule has 0 aliphatic carbocycles. The summed E-state index contributed by atoms with van der Waals surface area (Å²) >= 11 is 0. The Labute approximate surface area is 121 Å². The average molecular weight is 289 g/mol. The van der Waals surface area contributed by atoms with Gasteiger partial charge < -0.3 is 19.3 Å². The largest absolute Gasteiger partial charge is 0.497 e. The van der Waals surface area contributed by atoms with Gasteiger partial charge in [0.25, 0.3) is 0 Å². The Bertz CT molecular complexity index is 642. The molecule has 0 amide bonds. The molecule has 0 bridgehead atoms. The summed E-state index contributed by atoms with van der Waals surface area (Å²) < 4.78 is 15.8. The molecule has 1 heterocycles. The number of pyridine rings is 1. The maximum atomic E-state index is 11.3. The Kier molecular flexibility index (Phi) is 4.61. The number of hydrogen-bond acceptors (Lipinski definition) is 5. The standard InChI is InChI=1S/C15H15NO5/c1-3-20-13-5-4-6-14(16-13)21-12-8-7-10(19-2)9-11(12)15(17)18/h4-9H,3H2,1-2H3,(H,17,18). The molecule has 2 aromatic rings.